The SMILES string of the molecule is CC.CCc1cc(C)cc(-n2c3c(c4ccccc42)C=CCC3)c1O.Cc1cc(CSC2=CC=CC=CC2)c(O)c(-n2c3c(c4ccccc42)CCC=C3)c1. The normalized spacial score (nSPS) is 14.1. The molecule has 55 heavy (non-hydrogen) atoms. The quantitative estimate of drug-likeness (QED) is 0.179. The molecule has 0 fully saturated rings. The molecule has 0 saturated carbocycles. The molecule has 5 heteroatoms. The standard InChI is InChI=1S/C27H25NOS.C21H21NO.C2H6/c1-19-16-20(18-30-21-10-4-2-3-5-11-21)27(29)26(17-19)28-24-14-8-6-12-22(24)23-13-7-9-15-25(23)28;1-3-15-12-14(2)13-20(21(15)23)22-18-10-6-4-8-16(18)17-9-5-7-11-19(17)22;1-2/h2-6,8-10,12,14-17,29H,7,11,13,18H2,1H3;4-6,8-10,12-13,23H,3,7,11H2,1-2H3;1-2H3. The first-order chi connectivity index (χ1) is 26.9. The van der Waals surface area contributed by atoms with Gasteiger partial charge in [-0.1, -0.05) is 118 Å². The van der Waals surface area contributed by atoms with E-state index in [1.165, 1.54) is 54.8 Å². The van der Waals surface area contributed by atoms with E-state index in [1.54, 1.807) is 11.8 Å². The zero-order valence-corrected chi connectivity index (χ0v) is 33.6. The predicted octanol–water partition coefficient (Wildman–Crippen LogP) is 13.4. The Kier molecular flexibility index (Phi) is 11.7. The number of aryl methyl sites for hydroxylation is 4. The maximum atomic E-state index is 11.3. The van der Waals surface area contributed by atoms with Crippen molar-refractivity contribution in [3.8, 4) is 22.9 Å². The summed E-state index contributed by atoms with van der Waals surface area (Å²) in [5, 5.41) is 24.7. The number of para-hydroxylation sites is 2. The number of aromatic nitrogens is 2. The molecule has 0 saturated heterocycles. The van der Waals surface area contributed by atoms with E-state index in [1.807, 2.05) is 13.8 Å². The van der Waals surface area contributed by atoms with Crippen molar-refractivity contribution in [2.75, 3.05) is 0 Å². The molecule has 2 N–H and O–H groups in total. The van der Waals surface area contributed by atoms with Crippen LogP contribution < -0.4 is 0 Å². The van der Waals surface area contributed by atoms with E-state index in [2.05, 4.69) is 157 Å². The highest BCUT2D eigenvalue weighted by Gasteiger charge is 2.23. The Morgan fingerprint density at radius 3 is 2.07 bits per heavy atom. The van der Waals surface area contributed by atoms with Crippen LogP contribution in [0.5, 0.6) is 11.5 Å². The number of benzene rings is 4. The van der Waals surface area contributed by atoms with E-state index >= 15 is 0 Å². The van der Waals surface area contributed by atoms with Crippen LogP contribution in [0.1, 0.15) is 84.8 Å². The van der Waals surface area contributed by atoms with Crippen LogP contribution in [0, 0.1) is 13.8 Å². The van der Waals surface area contributed by atoms with Crippen molar-refractivity contribution in [1.29, 1.82) is 0 Å². The molecule has 0 amide bonds. The second-order valence-corrected chi connectivity index (χ2v) is 15.3. The van der Waals surface area contributed by atoms with Crippen molar-refractivity contribution in [1.82, 2.24) is 9.13 Å². The number of fused-ring (bicyclic) bond motifs is 6. The van der Waals surface area contributed by atoms with Gasteiger partial charge in [-0.15, -0.1) is 11.8 Å². The molecule has 9 rings (SSSR count). The van der Waals surface area contributed by atoms with E-state index < -0.39 is 0 Å². The molecule has 3 aliphatic rings. The fourth-order valence-electron chi connectivity index (χ4n) is 8.12. The van der Waals surface area contributed by atoms with Gasteiger partial charge in [-0.25, -0.2) is 0 Å². The summed E-state index contributed by atoms with van der Waals surface area (Å²) in [6.45, 7) is 10.3. The fourth-order valence-corrected chi connectivity index (χ4v) is 9.07. The Morgan fingerprint density at radius 2 is 1.31 bits per heavy atom. The molecular formula is C50H52N2O2S. The Bertz CT molecular complexity index is 2520. The molecule has 0 unspecified atom stereocenters. The first kappa shape index (κ1) is 37.9. The van der Waals surface area contributed by atoms with Gasteiger partial charge in [0.2, 0.25) is 0 Å². The third-order valence-electron chi connectivity index (χ3n) is 10.6. The minimum absolute atomic E-state index is 0.385. The van der Waals surface area contributed by atoms with E-state index in [4.69, 9.17) is 0 Å². The Labute approximate surface area is 330 Å². The van der Waals surface area contributed by atoms with Gasteiger partial charge in [0, 0.05) is 39.0 Å². The van der Waals surface area contributed by atoms with Crippen LogP contribution in [-0.4, -0.2) is 19.3 Å². The lowest BCUT2D eigenvalue weighted by Crippen LogP contribution is -2.04. The molecule has 2 aromatic heterocycles. The third-order valence-corrected chi connectivity index (χ3v) is 11.7. The van der Waals surface area contributed by atoms with E-state index in [9.17, 15) is 10.2 Å². The molecular weight excluding hydrogens is 693 g/mol. The minimum atomic E-state index is 0.385. The van der Waals surface area contributed by atoms with E-state index in [0.717, 1.165) is 72.3 Å². The summed E-state index contributed by atoms with van der Waals surface area (Å²) in [5.41, 5.74) is 13.7. The lowest BCUT2D eigenvalue weighted by molar-refractivity contribution is 0.465. The number of phenols is 2. The first-order valence-electron chi connectivity index (χ1n) is 19.8. The van der Waals surface area contributed by atoms with Gasteiger partial charge in [-0.2, -0.15) is 0 Å². The van der Waals surface area contributed by atoms with Crippen molar-refractivity contribution in [2.24, 2.45) is 0 Å². The number of aromatic hydroxyl groups is 2. The van der Waals surface area contributed by atoms with Gasteiger partial charge in [-0.05, 0) is 110 Å². The summed E-state index contributed by atoms with van der Waals surface area (Å²) in [5.74, 6) is 1.55. The number of hydrogen-bond donors (Lipinski definition) is 2. The highest BCUT2D eigenvalue weighted by atomic mass is 32.2. The van der Waals surface area contributed by atoms with Crippen LogP contribution in [0.3, 0.4) is 0 Å². The molecule has 4 nitrogen and oxygen atoms in total. The number of nitrogens with zero attached hydrogens (tertiary/aromatic N) is 2. The van der Waals surface area contributed by atoms with Crippen molar-refractivity contribution >= 4 is 45.7 Å². The Balaban J connectivity index is 0.000000167. The number of thioether (sulfide) groups is 1. The zero-order chi connectivity index (χ0) is 38.5. The van der Waals surface area contributed by atoms with Crippen LogP contribution in [0.15, 0.2) is 120 Å². The summed E-state index contributed by atoms with van der Waals surface area (Å²) >= 11 is 1.80. The van der Waals surface area contributed by atoms with Crippen LogP contribution in [-0.2, 0) is 25.0 Å². The topological polar surface area (TPSA) is 50.3 Å². The molecule has 0 atom stereocenters. The van der Waals surface area contributed by atoms with E-state index in [-0.39, 0.29) is 0 Å². The van der Waals surface area contributed by atoms with Crippen molar-refractivity contribution < 1.29 is 10.2 Å². The summed E-state index contributed by atoms with van der Waals surface area (Å²) < 4.78 is 4.50. The molecule has 0 spiro atoms. The van der Waals surface area contributed by atoms with E-state index in [0.29, 0.717) is 11.5 Å². The second-order valence-electron chi connectivity index (χ2n) is 14.2. The van der Waals surface area contributed by atoms with Crippen LogP contribution in [0.2, 0.25) is 0 Å². The summed E-state index contributed by atoms with van der Waals surface area (Å²) in [6, 6.07) is 25.4. The number of allylic oxidation sites excluding steroid dienone is 8. The molecule has 280 valence electrons. The van der Waals surface area contributed by atoms with Crippen molar-refractivity contribution in [2.45, 2.75) is 78.9 Å². The molecule has 4 aromatic carbocycles. The average molecular weight is 745 g/mol. The molecule has 0 aliphatic heterocycles. The van der Waals surface area contributed by atoms with Gasteiger partial charge in [-0.3, -0.25) is 0 Å². The molecule has 3 aliphatic carbocycles. The van der Waals surface area contributed by atoms with Crippen LogP contribution in [0.4, 0.5) is 0 Å². The van der Waals surface area contributed by atoms with Crippen LogP contribution in [0.25, 0.3) is 45.3 Å². The molecule has 2 heterocycles. The lowest BCUT2D eigenvalue weighted by atomic mass is 10.0. The van der Waals surface area contributed by atoms with Crippen molar-refractivity contribution in [3.63, 3.8) is 0 Å². The minimum Gasteiger partial charge on any atom is -0.505 e. The summed E-state index contributed by atoms with van der Waals surface area (Å²) in [7, 11) is 0. The molecule has 6 aromatic rings. The summed E-state index contributed by atoms with van der Waals surface area (Å²) in [4.78, 5) is 1.31. The lowest BCUT2D eigenvalue weighted by Gasteiger charge is -2.17. The Morgan fingerprint density at radius 1 is 0.673 bits per heavy atom. The van der Waals surface area contributed by atoms with Gasteiger partial charge >= 0.3 is 0 Å². The summed E-state index contributed by atoms with van der Waals surface area (Å²) in [6.07, 6.45) is 25.4. The third kappa shape index (κ3) is 7.51. The fraction of sp³-hybridized carbons (Fsp3) is 0.240. The second kappa shape index (κ2) is 17.0. The van der Waals surface area contributed by atoms with Gasteiger partial charge in [0.1, 0.15) is 11.5 Å². The van der Waals surface area contributed by atoms with Gasteiger partial charge in [0.05, 0.1) is 22.4 Å². The van der Waals surface area contributed by atoms with Crippen molar-refractivity contribution in [3.05, 3.63) is 165 Å². The number of hydrogen-bond acceptors (Lipinski definition) is 3. The largest absolute Gasteiger partial charge is 0.505 e. The monoisotopic (exact) mass is 744 g/mol. The Hall–Kier alpha value is -5.39. The smallest absolute Gasteiger partial charge is 0.143 e. The van der Waals surface area contributed by atoms with Gasteiger partial charge < -0.3 is 19.3 Å². The highest BCUT2D eigenvalue weighted by Crippen LogP contribution is 2.41. The zero-order valence-electron chi connectivity index (χ0n) is 32.8. The maximum absolute atomic E-state index is 11.3. The predicted molar refractivity (Wildman–Crippen MR) is 237 cm³/mol. The molecule has 0 radical (unpaired) electrons. The number of phenolic OH excluding ortho intramolecular Hbond substituents is 2. The highest BCUT2D eigenvalue weighted by molar-refractivity contribution is 8.02. The van der Waals surface area contributed by atoms with Crippen LogP contribution >= 0.6 is 11.8 Å². The van der Waals surface area contributed by atoms with Gasteiger partial charge in [0.15, 0.2) is 0 Å². The maximum Gasteiger partial charge on any atom is 0.143 e. The first-order valence-corrected chi connectivity index (χ1v) is 20.8. The van der Waals surface area contributed by atoms with Gasteiger partial charge in [0.25, 0.3) is 0 Å². The average Bonchev–Trinajstić information content (AvgIpc) is 3.59. The molecule has 0 bridgehead atoms. The number of rotatable bonds is 6.